The number of likely N-dealkylation sites (tertiary alicyclic amines) is 1. The highest BCUT2D eigenvalue weighted by atomic mass is 32.2. The average Bonchev–Trinajstić information content (AvgIpc) is 3.17. The molecular weight excluding hydrogens is 312 g/mol. The zero-order valence-corrected chi connectivity index (χ0v) is 14.6. The number of aromatic nitrogens is 2. The van der Waals surface area contributed by atoms with Gasteiger partial charge in [0.25, 0.3) is 0 Å². The molecule has 3 rings (SSSR count). The van der Waals surface area contributed by atoms with Gasteiger partial charge in [0.15, 0.2) is 0 Å². The Balaban J connectivity index is 1.64. The Hall–Kier alpha value is -1.50. The van der Waals surface area contributed by atoms with Crippen LogP contribution in [-0.4, -0.2) is 62.4 Å². The smallest absolute Gasteiger partial charge is 0.242 e. The molecule has 3 heterocycles. The minimum atomic E-state index is 0.0664. The lowest BCUT2D eigenvalue weighted by molar-refractivity contribution is -0.139. The topological polar surface area (TPSA) is 58.4 Å². The van der Waals surface area contributed by atoms with Gasteiger partial charge in [0.1, 0.15) is 12.4 Å². The summed E-state index contributed by atoms with van der Waals surface area (Å²) in [4.78, 5) is 32.2. The first-order valence-corrected chi connectivity index (χ1v) is 9.37. The van der Waals surface area contributed by atoms with Gasteiger partial charge in [0.05, 0.1) is 17.7 Å². The molecule has 2 amide bonds. The summed E-state index contributed by atoms with van der Waals surface area (Å²) in [7, 11) is 0. The number of carbonyl (C=O) groups excluding carboxylic acids is 2. The maximum atomic E-state index is 12.5. The van der Waals surface area contributed by atoms with Crippen LogP contribution in [0.15, 0.2) is 12.4 Å². The van der Waals surface area contributed by atoms with Crippen LogP contribution in [0.2, 0.25) is 0 Å². The fraction of sp³-hybridized carbons (Fsp3) is 0.688. The van der Waals surface area contributed by atoms with Crippen molar-refractivity contribution in [2.75, 3.05) is 31.3 Å². The van der Waals surface area contributed by atoms with Crippen molar-refractivity contribution in [2.45, 2.75) is 38.6 Å². The molecule has 0 aliphatic carbocycles. The van der Waals surface area contributed by atoms with Crippen LogP contribution >= 0.6 is 11.8 Å². The molecule has 23 heavy (non-hydrogen) atoms. The van der Waals surface area contributed by atoms with E-state index in [-0.39, 0.29) is 24.4 Å². The molecule has 7 heteroatoms. The molecule has 6 nitrogen and oxygen atoms in total. The van der Waals surface area contributed by atoms with E-state index in [1.165, 1.54) is 0 Å². The number of amides is 2. The van der Waals surface area contributed by atoms with E-state index in [1.807, 2.05) is 17.3 Å². The fourth-order valence-corrected chi connectivity index (χ4v) is 4.20. The second-order valence-electron chi connectivity index (χ2n) is 6.55. The molecular formula is C16H24N4O2S. The first-order valence-electron chi connectivity index (χ1n) is 8.22. The third-order valence-electron chi connectivity index (χ3n) is 4.51. The van der Waals surface area contributed by atoms with Crippen molar-refractivity contribution in [3.8, 4) is 0 Å². The van der Waals surface area contributed by atoms with E-state index in [0.717, 1.165) is 25.2 Å². The van der Waals surface area contributed by atoms with Crippen LogP contribution in [0.1, 0.15) is 44.5 Å². The lowest BCUT2D eigenvalue weighted by Crippen LogP contribution is -2.46. The van der Waals surface area contributed by atoms with Crippen molar-refractivity contribution in [2.24, 2.45) is 0 Å². The van der Waals surface area contributed by atoms with Crippen molar-refractivity contribution in [1.29, 1.82) is 0 Å². The lowest BCUT2D eigenvalue weighted by Gasteiger charge is -2.35. The Morgan fingerprint density at radius 2 is 2.30 bits per heavy atom. The van der Waals surface area contributed by atoms with Crippen LogP contribution < -0.4 is 0 Å². The van der Waals surface area contributed by atoms with Gasteiger partial charge in [-0.1, -0.05) is 13.8 Å². The first-order chi connectivity index (χ1) is 11.1. The molecule has 1 aromatic heterocycles. The van der Waals surface area contributed by atoms with Crippen molar-refractivity contribution in [1.82, 2.24) is 19.4 Å². The Morgan fingerprint density at radius 3 is 3.00 bits per heavy atom. The minimum Gasteiger partial charge on any atom is -0.339 e. The maximum absolute atomic E-state index is 12.5. The normalized spacial score (nSPS) is 22.2. The van der Waals surface area contributed by atoms with Crippen LogP contribution in [0.4, 0.5) is 0 Å². The van der Waals surface area contributed by atoms with Gasteiger partial charge < -0.3 is 14.4 Å². The molecule has 1 atom stereocenters. The van der Waals surface area contributed by atoms with E-state index in [9.17, 15) is 9.59 Å². The van der Waals surface area contributed by atoms with Crippen LogP contribution in [0.5, 0.6) is 0 Å². The Kier molecular flexibility index (Phi) is 4.94. The van der Waals surface area contributed by atoms with Crippen molar-refractivity contribution >= 4 is 23.6 Å². The van der Waals surface area contributed by atoms with Crippen LogP contribution in [0.25, 0.3) is 0 Å². The molecule has 2 fully saturated rings. The van der Waals surface area contributed by atoms with E-state index in [4.69, 9.17) is 0 Å². The number of nitrogens with zero attached hydrogens (tertiary/aromatic N) is 4. The van der Waals surface area contributed by atoms with Gasteiger partial charge in [0.2, 0.25) is 11.8 Å². The molecule has 0 N–H and O–H groups in total. The number of hydrogen-bond acceptors (Lipinski definition) is 4. The quantitative estimate of drug-likeness (QED) is 0.840. The van der Waals surface area contributed by atoms with Crippen LogP contribution in [-0.2, 0) is 9.59 Å². The number of piperidine rings is 1. The summed E-state index contributed by atoms with van der Waals surface area (Å²) in [6.45, 7) is 6.00. The lowest BCUT2D eigenvalue weighted by atomic mass is 10.0. The average molecular weight is 336 g/mol. The number of thioether (sulfide) groups is 1. The summed E-state index contributed by atoms with van der Waals surface area (Å²) in [6, 6.07) is 0.288. The van der Waals surface area contributed by atoms with Gasteiger partial charge in [-0.15, -0.1) is 11.8 Å². The number of carbonyl (C=O) groups is 2. The molecule has 2 aliphatic rings. The van der Waals surface area contributed by atoms with Crippen molar-refractivity contribution < 1.29 is 9.59 Å². The third kappa shape index (κ3) is 3.54. The SMILES string of the molecule is CC(C)c1nccn1C1CCCN(C(=O)CN2CSCC2=O)C1. The minimum absolute atomic E-state index is 0.0664. The highest BCUT2D eigenvalue weighted by molar-refractivity contribution is 8.00. The van der Waals surface area contributed by atoms with Crippen LogP contribution in [0.3, 0.4) is 0 Å². The standard InChI is InChI=1S/C16H24N4O2S/c1-12(2)16-17-5-7-20(16)13-4-3-6-18(8-13)14(21)9-19-11-23-10-15(19)22/h5,7,12-13H,3-4,6,8-11H2,1-2H3. The zero-order chi connectivity index (χ0) is 16.4. The van der Waals surface area contributed by atoms with Gasteiger partial charge in [0, 0.05) is 31.4 Å². The van der Waals surface area contributed by atoms with E-state index in [1.54, 1.807) is 16.7 Å². The molecule has 1 unspecified atom stereocenters. The molecule has 2 aliphatic heterocycles. The van der Waals surface area contributed by atoms with Gasteiger partial charge in [-0.2, -0.15) is 0 Å². The molecule has 0 spiro atoms. The summed E-state index contributed by atoms with van der Waals surface area (Å²) in [6.07, 6.45) is 5.93. The second-order valence-corrected chi connectivity index (χ2v) is 7.51. The molecule has 2 saturated heterocycles. The van der Waals surface area contributed by atoms with Gasteiger partial charge >= 0.3 is 0 Å². The van der Waals surface area contributed by atoms with Gasteiger partial charge in [-0.25, -0.2) is 4.98 Å². The summed E-state index contributed by atoms with van der Waals surface area (Å²) >= 11 is 1.58. The van der Waals surface area contributed by atoms with E-state index in [0.29, 0.717) is 24.1 Å². The molecule has 126 valence electrons. The molecule has 0 radical (unpaired) electrons. The Bertz CT molecular complexity index is 586. The number of rotatable bonds is 4. The Morgan fingerprint density at radius 1 is 1.48 bits per heavy atom. The summed E-state index contributed by atoms with van der Waals surface area (Å²) in [5.41, 5.74) is 0. The summed E-state index contributed by atoms with van der Waals surface area (Å²) in [5, 5.41) is 0. The van der Waals surface area contributed by atoms with Crippen molar-refractivity contribution in [3.05, 3.63) is 18.2 Å². The predicted octanol–water partition coefficient (Wildman–Crippen LogP) is 1.70. The highest BCUT2D eigenvalue weighted by Crippen LogP contribution is 2.26. The fourth-order valence-electron chi connectivity index (χ4n) is 3.29. The van der Waals surface area contributed by atoms with Crippen molar-refractivity contribution in [3.63, 3.8) is 0 Å². The first kappa shape index (κ1) is 16.4. The Labute approximate surface area is 141 Å². The second kappa shape index (κ2) is 6.95. The van der Waals surface area contributed by atoms with Crippen LogP contribution in [0, 0.1) is 0 Å². The number of hydrogen-bond donors (Lipinski definition) is 0. The molecule has 1 aromatic rings. The molecule has 0 bridgehead atoms. The third-order valence-corrected chi connectivity index (χ3v) is 5.45. The molecule has 0 saturated carbocycles. The zero-order valence-electron chi connectivity index (χ0n) is 13.8. The predicted molar refractivity (Wildman–Crippen MR) is 90.2 cm³/mol. The van der Waals surface area contributed by atoms with E-state index >= 15 is 0 Å². The monoisotopic (exact) mass is 336 g/mol. The summed E-state index contributed by atoms with van der Waals surface area (Å²) < 4.78 is 2.22. The van der Waals surface area contributed by atoms with E-state index < -0.39 is 0 Å². The number of imidazole rings is 1. The van der Waals surface area contributed by atoms with Gasteiger partial charge in [-0.05, 0) is 12.8 Å². The highest BCUT2D eigenvalue weighted by Gasteiger charge is 2.29. The summed E-state index contributed by atoms with van der Waals surface area (Å²) in [5.74, 6) is 2.74. The van der Waals surface area contributed by atoms with E-state index in [2.05, 4.69) is 23.4 Å². The van der Waals surface area contributed by atoms with Gasteiger partial charge in [-0.3, -0.25) is 9.59 Å². The molecule has 0 aromatic carbocycles. The maximum Gasteiger partial charge on any atom is 0.242 e. The largest absolute Gasteiger partial charge is 0.339 e.